The third-order valence-corrected chi connectivity index (χ3v) is 3.61. The Morgan fingerprint density at radius 3 is 2.91 bits per heavy atom. The molecule has 0 saturated heterocycles. The van der Waals surface area contributed by atoms with Crippen LogP contribution in [-0.2, 0) is 18.3 Å². The molecule has 7 heteroatoms. The minimum Gasteiger partial charge on any atom is -0.441 e. The normalized spacial score (nSPS) is 12.5. The molecule has 0 radical (unpaired) electrons. The second kappa shape index (κ2) is 6.21. The summed E-state index contributed by atoms with van der Waals surface area (Å²) in [4.78, 5) is 16.9. The Morgan fingerprint density at radius 2 is 2.26 bits per heavy atom. The van der Waals surface area contributed by atoms with E-state index in [-0.39, 0.29) is 5.91 Å². The quantitative estimate of drug-likeness (QED) is 0.753. The number of anilines is 1. The van der Waals surface area contributed by atoms with Crippen molar-refractivity contribution in [2.75, 3.05) is 12.4 Å². The first-order valence-electron chi connectivity index (χ1n) is 7.47. The molecule has 1 atom stereocenters. The van der Waals surface area contributed by atoms with Gasteiger partial charge < -0.3 is 15.1 Å². The van der Waals surface area contributed by atoms with Crippen molar-refractivity contribution in [3.8, 4) is 0 Å². The second-order valence-electron chi connectivity index (χ2n) is 5.30. The van der Waals surface area contributed by atoms with Crippen LogP contribution in [-0.4, -0.2) is 27.7 Å². The average Bonchev–Trinajstić information content (AvgIpc) is 3.13. The van der Waals surface area contributed by atoms with Crippen molar-refractivity contribution in [3.63, 3.8) is 0 Å². The van der Waals surface area contributed by atoms with E-state index in [1.165, 1.54) is 0 Å². The van der Waals surface area contributed by atoms with Crippen molar-refractivity contribution in [1.29, 1.82) is 0 Å². The minimum atomic E-state index is -0.470. The number of oxazole rings is 1. The number of fused-ring (bicyclic) bond motifs is 1. The molecular weight excluding hydrogens is 294 g/mol. The predicted molar refractivity (Wildman–Crippen MR) is 87.0 cm³/mol. The molecule has 0 aliphatic carbocycles. The van der Waals surface area contributed by atoms with Crippen molar-refractivity contribution in [2.45, 2.75) is 19.4 Å². The molecule has 2 heterocycles. The van der Waals surface area contributed by atoms with E-state index < -0.39 is 6.04 Å². The molecule has 1 unspecified atom stereocenters. The summed E-state index contributed by atoms with van der Waals surface area (Å²) in [5, 5.41) is 10.0. The monoisotopic (exact) mass is 313 g/mol. The number of rotatable bonds is 5. The summed E-state index contributed by atoms with van der Waals surface area (Å²) >= 11 is 0. The second-order valence-corrected chi connectivity index (χ2v) is 5.30. The van der Waals surface area contributed by atoms with Gasteiger partial charge in [-0.3, -0.25) is 9.48 Å². The maximum atomic E-state index is 12.5. The van der Waals surface area contributed by atoms with E-state index in [9.17, 15) is 4.79 Å². The summed E-state index contributed by atoms with van der Waals surface area (Å²) in [7, 11) is 3.56. The van der Waals surface area contributed by atoms with E-state index in [1.54, 1.807) is 24.0 Å². The van der Waals surface area contributed by atoms with Gasteiger partial charge in [0.25, 0.3) is 0 Å². The Labute approximate surface area is 133 Å². The van der Waals surface area contributed by atoms with Gasteiger partial charge in [0.2, 0.25) is 5.91 Å². The highest BCUT2D eigenvalue weighted by molar-refractivity contribution is 5.96. The lowest BCUT2D eigenvalue weighted by molar-refractivity contribution is -0.118. The number of carbonyl (C=O) groups excluding carboxylic acids is 1. The fourth-order valence-corrected chi connectivity index (χ4v) is 2.46. The molecule has 2 aromatic heterocycles. The Bertz CT molecular complexity index is 836. The molecule has 0 fully saturated rings. The van der Waals surface area contributed by atoms with Gasteiger partial charge in [-0.1, -0.05) is 6.92 Å². The van der Waals surface area contributed by atoms with Gasteiger partial charge in [0.15, 0.2) is 11.5 Å². The van der Waals surface area contributed by atoms with Crippen molar-refractivity contribution >= 4 is 22.7 Å². The van der Waals surface area contributed by atoms with Crippen molar-refractivity contribution < 1.29 is 9.21 Å². The van der Waals surface area contributed by atoms with E-state index >= 15 is 0 Å². The number of carbonyl (C=O) groups is 1. The number of benzene rings is 1. The number of hydrogen-bond acceptors (Lipinski definition) is 5. The summed E-state index contributed by atoms with van der Waals surface area (Å²) in [6.07, 6.45) is 4.23. The first kappa shape index (κ1) is 15.2. The first-order valence-corrected chi connectivity index (χ1v) is 7.47. The van der Waals surface area contributed by atoms with Gasteiger partial charge >= 0.3 is 0 Å². The Balaban J connectivity index is 1.81. The van der Waals surface area contributed by atoms with Gasteiger partial charge in [0, 0.05) is 30.9 Å². The van der Waals surface area contributed by atoms with Crippen LogP contribution < -0.4 is 10.6 Å². The van der Waals surface area contributed by atoms with Crippen LogP contribution in [0.15, 0.2) is 35.0 Å². The molecule has 0 spiro atoms. The number of nitrogens with one attached hydrogen (secondary N) is 2. The summed E-state index contributed by atoms with van der Waals surface area (Å²) in [6, 6.07) is 4.96. The zero-order chi connectivity index (χ0) is 16.4. The smallest absolute Gasteiger partial charge is 0.246 e. The largest absolute Gasteiger partial charge is 0.441 e. The molecule has 0 bridgehead atoms. The standard InChI is InChI=1S/C16H19N5O2/c1-4-14-20-12-7-11(5-6-13(12)23-14)19-16(22)15(17-2)10-8-18-21(3)9-10/h5-9,15,17H,4H2,1-3H3,(H,19,22). The zero-order valence-electron chi connectivity index (χ0n) is 13.3. The number of nitrogens with zero attached hydrogens (tertiary/aromatic N) is 3. The Hall–Kier alpha value is -2.67. The molecule has 3 rings (SSSR count). The molecule has 120 valence electrons. The van der Waals surface area contributed by atoms with E-state index in [0.29, 0.717) is 11.6 Å². The van der Waals surface area contributed by atoms with Crippen LogP contribution in [0.1, 0.15) is 24.4 Å². The fourth-order valence-electron chi connectivity index (χ4n) is 2.46. The van der Waals surface area contributed by atoms with Gasteiger partial charge in [-0.2, -0.15) is 5.10 Å². The molecular formula is C16H19N5O2. The van der Waals surface area contributed by atoms with E-state index in [4.69, 9.17) is 4.42 Å². The van der Waals surface area contributed by atoms with Crippen LogP contribution in [0, 0.1) is 0 Å². The summed E-state index contributed by atoms with van der Waals surface area (Å²) in [5.41, 5.74) is 2.95. The highest BCUT2D eigenvalue weighted by Crippen LogP contribution is 2.21. The summed E-state index contributed by atoms with van der Waals surface area (Å²) in [5.74, 6) is 0.533. The first-order chi connectivity index (χ1) is 11.1. The van der Waals surface area contributed by atoms with Crippen LogP contribution >= 0.6 is 0 Å². The van der Waals surface area contributed by atoms with Gasteiger partial charge in [0.1, 0.15) is 11.6 Å². The number of aromatic nitrogens is 3. The van der Waals surface area contributed by atoms with Crippen molar-refractivity contribution in [2.24, 2.45) is 7.05 Å². The lowest BCUT2D eigenvalue weighted by Crippen LogP contribution is -2.30. The maximum Gasteiger partial charge on any atom is 0.246 e. The summed E-state index contributed by atoms with van der Waals surface area (Å²) < 4.78 is 7.24. The van der Waals surface area contributed by atoms with E-state index in [2.05, 4.69) is 20.7 Å². The molecule has 0 aliphatic heterocycles. The van der Waals surface area contributed by atoms with Gasteiger partial charge in [-0.25, -0.2) is 4.98 Å². The average molecular weight is 313 g/mol. The van der Waals surface area contributed by atoms with Gasteiger partial charge in [-0.15, -0.1) is 0 Å². The van der Waals surface area contributed by atoms with Crippen LogP contribution in [0.3, 0.4) is 0 Å². The predicted octanol–water partition coefficient (Wildman–Crippen LogP) is 2.02. The van der Waals surface area contributed by atoms with Crippen LogP contribution in [0.5, 0.6) is 0 Å². The maximum absolute atomic E-state index is 12.5. The number of amides is 1. The van der Waals surface area contributed by atoms with Gasteiger partial charge in [0.05, 0.1) is 6.20 Å². The van der Waals surface area contributed by atoms with Crippen LogP contribution in [0.25, 0.3) is 11.1 Å². The molecule has 0 saturated carbocycles. The molecule has 7 nitrogen and oxygen atoms in total. The third-order valence-electron chi connectivity index (χ3n) is 3.61. The highest BCUT2D eigenvalue weighted by Gasteiger charge is 2.20. The molecule has 23 heavy (non-hydrogen) atoms. The third kappa shape index (κ3) is 3.09. The Kier molecular flexibility index (Phi) is 4.12. The van der Waals surface area contributed by atoms with Crippen molar-refractivity contribution in [3.05, 3.63) is 42.0 Å². The number of hydrogen-bond donors (Lipinski definition) is 2. The van der Waals surface area contributed by atoms with Crippen LogP contribution in [0.2, 0.25) is 0 Å². The molecule has 0 aliphatic rings. The highest BCUT2D eigenvalue weighted by atomic mass is 16.3. The number of aryl methyl sites for hydroxylation is 2. The Morgan fingerprint density at radius 1 is 1.43 bits per heavy atom. The molecule has 1 amide bonds. The molecule has 3 aromatic rings. The van der Waals surface area contributed by atoms with Crippen LogP contribution in [0.4, 0.5) is 5.69 Å². The fraction of sp³-hybridized carbons (Fsp3) is 0.312. The minimum absolute atomic E-state index is 0.154. The lowest BCUT2D eigenvalue weighted by Gasteiger charge is -2.14. The van der Waals surface area contributed by atoms with Gasteiger partial charge in [-0.05, 0) is 25.2 Å². The van der Waals surface area contributed by atoms with E-state index in [1.807, 2.05) is 32.3 Å². The molecule has 2 N–H and O–H groups in total. The molecule has 1 aromatic carbocycles. The summed E-state index contributed by atoms with van der Waals surface area (Å²) in [6.45, 7) is 1.98. The lowest BCUT2D eigenvalue weighted by atomic mass is 10.1. The van der Waals surface area contributed by atoms with Crippen molar-refractivity contribution in [1.82, 2.24) is 20.1 Å². The topological polar surface area (TPSA) is 85.0 Å². The number of likely N-dealkylation sites (N-methyl/N-ethyl adjacent to an activating group) is 1. The van der Waals surface area contributed by atoms with E-state index in [0.717, 1.165) is 23.1 Å². The SMILES string of the molecule is CCc1nc2cc(NC(=O)C(NC)c3cnn(C)c3)ccc2o1. The zero-order valence-corrected chi connectivity index (χ0v) is 13.3.